The molecule has 0 bridgehead atoms. The van der Waals surface area contributed by atoms with E-state index >= 15 is 0 Å². The van der Waals surface area contributed by atoms with Gasteiger partial charge >= 0.3 is 12.2 Å². The summed E-state index contributed by atoms with van der Waals surface area (Å²) in [6.45, 7) is 1.39. The zero-order valence-corrected chi connectivity index (χ0v) is 23.8. The molecule has 0 N–H and O–H groups in total. The highest BCUT2D eigenvalue weighted by Gasteiger charge is 2.42. The number of non-ortho nitro benzene ring substituents is 2. The van der Waals surface area contributed by atoms with Gasteiger partial charge in [-0.1, -0.05) is 0 Å². The summed E-state index contributed by atoms with van der Waals surface area (Å²) >= 11 is 4.48. The summed E-state index contributed by atoms with van der Waals surface area (Å²) in [6, 6.07) is 10.7. The molecule has 3 amide bonds. The fourth-order valence-corrected chi connectivity index (χ4v) is 5.39. The van der Waals surface area contributed by atoms with Gasteiger partial charge in [-0.3, -0.25) is 29.9 Å². The quantitative estimate of drug-likeness (QED) is 0.257. The minimum atomic E-state index is -0.722. The van der Waals surface area contributed by atoms with Crippen molar-refractivity contribution in [2.45, 2.75) is 37.3 Å². The zero-order valence-electron chi connectivity index (χ0n) is 22.9. The van der Waals surface area contributed by atoms with Crippen molar-refractivity contribution < 1.29 is 33.7 Å². The molecule has 14 nitrogen and oxygen atoms in total. The highest BCUT2D eigenvalue weighted by atomic mass is 32.1. The van der Waals surface area contributed by atoms with Crippen LogP contribution in [0.3, 0.4) is 0 Å². The number of carbonyl (C=O) groups excluding carboxylic acids is 3. The maximum Gasteiger partial charge on any atom is 0.410 e. The smallest absolute Gasteiger partial charge is 0.410 e. The SMILES string of the molecule is CN(CC1CCN(C(=O)C2CC(S)CN2C(=O)OCc2ccc([N+](=O)[O-])cc2)C1)C(=O)OCc1ccc([N+](=O)[O-])cc1. The molecule has 0 saturated carbocycles. The second-order valence-electron chi connectivity index (χ2n) is 10.3. The predicted molar refractivity (Wildman–Crippen MR) is 152 cm³/mol. The fourth-order valence-electron chi connectivity index (χ4n) is 5.02. The Hall–Kier alpha value is -4.40. The molecule has 2 aliphatic rings. The van der Waals surface area contributed by atoms with Gasteiger partial charge in [0.05, 0.1) is 9.85 Å². The van der Waals surface area contributed by atoms with Gasteiger partial charge in [0.15, 0.2) is 0 Å². The van der Waals surface area contributed by atoms with Crippen molar-refractivity contribution in [3.8, 4) is 0 Å². The number of nitrogens with zero attached hydrogens (tertiary/aromatic N) is 5. The predicted octanol–water partition coefficient (Wildman–Crippen LogP) is 3.63. The molecule has 2 aliphatic heterocycles. The van der Waals surface area contributed by atoms with E-state index in [4.69, 9.17) is 9.47 Å². The van der Waals surface area contributed by atoms with Crippen LogP contribution in [0.5, 0.6) is 0 Å². The van der Waals surface area contributed by atoms with Crippen molar-refractivity contribution in [3.05, 3.63) is 79.9 Å². The number of amides is 3. The Morgan fingerprint density at radius 3 is 2.02 bits per heavy atom. The molecule has 42 heavy (non-hydrogen) atoms. The van der Waals surface area contributed by atoms with Crippen LogP contribution < -0.4 is 0 Å². The topological polar surface area (TPSA) is 166 Å². The third kappa shape index (κ3) is 7.66. The molecular formula is C27H31N5O9S. The molecule has 0 spiro atoms. The fraction of sp³-hybridized carbons (Fsp3) is 0.444. The van der Waals surface area contributed by atoms with E-state index in [1.54, 1.807) is 11.9 Å². The first-order chi connectivity index (χ1) is 20.0. The molecule has 2 aromatic rings. The lowest BCUT2D eigenvalue weighted by molar-refractivity contribution is -0.385. The molecule has 3 atom stereocenters. The first kappa shape index (κ1) is 30.6. The summed E-state index contributed by atoms with van der Waals surface area (Å²) in [6.07, 6.45) is -0.152. The first-order valence-electron chi connectivity index (χ1n) is 13.3. The molecular weight excluding hydrogens is 570 g/mol. The highest BCUT2D eigenvalue weighted by molar-refractivity contribution is 7.81. The standard InChI is InChI=1S/C27H31N5O9S/c1-28(26(34)40-16-18-2-6-21(7-3-18)31(36)37)13-20-10-11-29(14-20)25(33)24-12-23(42)15-30(24)27(35)41-17-19-4-8-22(9-5-19)32(38)39/h2-9,20,23-24,42H,10-17H2,1H3. The van der Waals surface area contributed by atoms with Gasteiger partial charge < -0.3 is 19.3 Å². The van der Waals surface area contributed by atoms with Crippen molar-refractivity contribution in [1.29, 1.82) is 0 Å². The van der Waals surface area contributed by atoms with Gasteiger partial charge in [0.2, 0.25) is 5.91 Å². The van der Waals surface area contributed by atoms with E-state index < -0.39 is 28.1 Å². The lowest BCUT2D eigenvalue weighted by atomic mass is 10.1. The number of ether oxygens (including phenoxy) is 2. The van der Waals surface area contributed by atoms with E-state index in [9.17, 15) is 34.6 Å². The Kier molecular flexibility index (Phi) is 9.83. The maximum absolute atomic E-state index is 13.4. The summed E-state index contributed by atoms with van der Waals surface area (Å²) < 4.78 is 10.7. The second kappa shape index (κ2) is 13.5. The summed E-state index contributed by atoms with van der Waals surface area (Å²) in [4.78, 5) is 63.8. The van der Waals surface area contributed by atoms with Crippen LogP contribution >= 0.6 is 12.6 Å². The van der Waals surface area contributed by atoms with E-state index in [-0.39, 0.29) is 48.2 Å². The Balaban J connectivity index is 1.25. The van der Waals surface area contributed by atoms with Crippen LogP contribution in [0.25, 0.3) is 0 Å². The largest absolute Gasteiger partial charge is 0.445 e. The van der Waals surface area contributed by atoms with Gasteiger partial charge in [0.25, 0.3) is 11.4 Å². The van der Waals surface area contributed by atoms with Crippen LogP contribution in [0.4, 0.5) is 21.0 Å². The number of nitro groups is 2. The Morgan fingerprint density at radius 1 is 0.929 bits per heavy atom. The van der Waals surface area contributed by atoms with E-state index in [1.807, 2.05) is 0 Å². The number of hydrogen-bond donors (Lipinski definition) is 1. The Bertz CT molecular complexity index is 1320. The van der Waals surface area contributed by atoms with Gasteiger partial charge in [-0.05, 0) is 54.2 Å². The summed E-state index contributed by atoms with van der Waals surface area (Å²) in [5, 5.41) is 21.4. The van der Waals surface area contributed by atoms with Crippen molar-refractivity contribution >= 4 is 42.1 Å². The second-order valence-corrected chi connectivity index (χ2v) is 11.1. The molecule has 2 fully saturated rings. The van der Waals surface area contributed by atoms with E-state index in [0.717, 1.165) is 0 Å². The van der Waals surface area contributed by atoms with Crippen molar-refractivity contribution in [2.75, 3.05) is 33.2 Å². The highest BCUT2D eigenvalue weighted by Crippen LogP contribution is 2.27. The first-order valence-corrected chi connectivity index (χ1v) is 13.8. The van der Waals surface area contributed by atoms with Gasteiger partial charge in [-0.25, -0.2) is 9.59 Å². The van der Waals surface area contributed by atoms with Gasteiger partial charge in [-0.2, -0.15) is 12.6 Å². The third-order valence-corrected chi connectivity index (χ3v) is 7.63. The number of rotatable bonds is 9. The molecule has 15 heteroatoms. The van der Waals surface area contributed by atoms with Crippen molar-refractivity contribution in [1.82, 2.24) is 14.7 Å². The van der Waals surface area contributed by atoms with Gasteiger partial charge in [-0.15, -0.1) is 0 Å². The van der Waals surface area contributed by atoms with Crippen molar-refractivity contribution in [3.63, 3.8) is 0 Å². The Labute approximate surface area is 246 Å². The summed E-state index contributed by atoms with van der Waals surface area (Å²) in [7, 11) is 1.60. The molecule has 2 aromatic carbocycles. The number of carbonyl (C=O) groups is 3. The van der Waals surface area contributed by atoms with E-state index in [0.29, 0.717) is 43.6 Å². The molecule has 224 valence electrons. The maximum atomic E-state index is 13.4. The van der Waals surface area contributed by atoms with Crippen LogP contribution in [-0.2, 0) is 27.5 Å². The molecule has 4 rings (SSSR count). The van der Waals surface area contributed by atoms with Crippen LogP contribution in [0, 0.1) is 26.1 Å². The lowest BCUT2D eigenvalue weighted by Crippen LogP contribution is -2.47. The molecule has 0 aromatic heterocycles. The van der Waals surface area contributed by atoms with Crippen molar-refractivity contribution in [2.24, 2.45) is 5.92 Å². The van der Waals surface area contributed by atoms with Gasteiger partial charge in [0, 0.05) is 62.7 Å². The van der Waals surface area contributed by atoms with E-state index in [2.05, 4.69) is 12.6 Å². The normalized spacial score (nSPS) is 19.8. The average molecular weight is 602 g/mol. The van der Waals surface area contributed by atoms with Crippen LogP contribution in [0.1, 0.15) is 24.0 Å². The Morgan fingerprint density at radius 2 is 1.48 bits per heavy atom. The minimum absolute atomic E-state index is 0.0154. The van der Waals surface area contributed by atoms with E-state index in [1.165, 1.54) is 58.3 Å². The van der Waals surface area contributed by atoms with Crippen LogP contribution in [0.15, 0.2) is 48.5 Å². The number of thiol groups is 1. The lowest BCUT2D eigenvalue weighted by Gasteiger charge is -2.27. The minimum Gasteiger partial charge on any atom is -0.445 e. The molecule has 2 saturated heterocycles. The van der Waals surface area contributed by atoms with Gasteiger partial charge in [0.1, 0.15) is 19.3 Å². The molecule has 3 unspecified atom stereocenters. The van der Waals surface area contributed by atoms with Crippen LogP contribution in [-0.4, -0.2) is 87.2 Å². The molecule has 2 heterocycles. The monoisotopic (exact) mass is 601 g/mol. The molecule has 0 aliphatic carbocycles. The number of benzene rings is 2. The number of nitro benzene ring substituents is 2. The zero-order chi connectivity index (χ0) is 30.4. The third-order valence-electron chi connectivity index (χ3n) is 7.26. The number of hydrogen-bond acceptors (Lipinski definition) is 10. The summed E-state index contributed by atoms with van der Waals surface area (Å²) in [5.74, 6) is -0.189. The average Bonchev–Trinajstić information content (AvgIpc) is 3.61. The summed E-state index contributed by atoms with van der Waals surface area (Å²) in [5.41, 5.74) is 1.08. The number of likely N-dealkylation sites (tertiary alicyclic amines) is 2. The van der Waals surface area contributed by atoms with Crippen LogP contribution in [0.2, 0.25) is 0 Å². The molecule has 0 radical (unpaired) electrons.